The van der Waals surface area contributed by atoms with Crippen LogP contribution in [0.5, 0.6) is 11.5 Å². The maximum Gasteiger partial charge on any atom is 0.256 e. The van der Waals surface area contributed by atoms with Crippen LogP contribution in [0, 0.1) is 0 Å². The third-order valence-electron chi connectivity index (χ3n) is 5.20. The number of benzene rings is 2. The summed E-state index contributed by atoms with van der Waals surface area (Å²) in [6.07, 6.45) is 4.03. The molecule has 148 valence electrons. The van der Waals surface area contributed by atoms with E-state index in [2.05, 4.69) is 33.0 Å². The first kappa shape index (κ1) is 19.5. The van der Waals surface area contributed by atoms with E-state index in [1.54, 1.807) is 26.6 Å². The first-order valence-electron chi connectivity index (χ1n) is 9.33. The number of hydrogen-bond acceptors (Lipinski definition) is 4. The smallest absolute Gasteiger partial charge is 0.256 e. The Morgan fingerprint density at radius 2 is 1.79 bits per heavy atom. The lowest BCUT2D eigenvalue weighted by Gasteiger charge is -2.38. The van der Waals surface area contributed by atoms with Gasteiger partial charge in [-0.25, -0.2) is 0 Å². The number of amides is 1. The van der Waals surface area contributed by atoms with Gasteiger partial charge in [-0.2, -0.15) is 0 Å². The zero-order valence-corrected chi connectivity index (χ0v) is 17.8. The maximum absolute atomic E-state index is 13.4. The molecule has 0 radical (unpaired) electrons. The molecule has 0 aliphatic carbocycles. The van der Waals surface area contributed by atoms with Gasteiger partial charge in [0.15, 0.2) is 11.5 Å². The zero-order valence-electron chi connectivity index (χ0n) is 16.3. The summed E-state index contributed by atoms with van der Waals surface area (Å²) in [6, 6.07) is 15.7. The van der Waals surface area contributed by atoms with Crippen LogP contribution in [0.2, 0.25) is 0 Å². The predicted octanol–water partition coefficient (Wildman–Crippen LogP) is 4.65. The predicted molar refractivity (Wildman–Crippen MR) is 115 cm³/mol. The minimum absolute atomic E-state index is 0.0481. The Bertz CT molecular complexity index is 1040. The van der Waals surface area contributed by atoms with Crippen LogP contribution in [0.1, 0.15) is 33.1 Å². The highest BCUT2D eigenvalue weighted by Gasteiger charge is 2.34. The van der Waals surface area contributed by atoms with Gasteiger partial charge in [-0.05, 0) is 57.2 Å². The van der Waals surface area contributed by atoms with Crippen molar-refractivity contribution >= 4 is 21.8 Å². The van der Waals surface area contributed by atoms with Gasteiger partial charge >= 0.3 is 0 Å². The minimum Gasteiger partial charge on any atom is -0.493 e. The summed E-state index contributed by atoms with van der Waals surface area (Å²) in [7, 11) is 3.26. The first-order chi connectivity index (χ1) is 14.1. The molecule has 0 bridgehead atoms. The standard InChI is InChI=1S/C23H21BrN2O3/c1-28-20-11-16-8-9-26(23(27)17-10-18(24)14-25-13-17)22(15-6-4-3-5-7-15)19(16)12-21(20)29-2/h3-7,10-14,22H,8-9H2,1-2H3. The molecule has 0 spiro atoms. The molecule has 5 nitrogen and oxygen atoms in total. The number of aromatic nitrogens is 1. The average Bonchev–Trinajstić information content (AvgIpc) is 2.77. The van der Waals surface area contributed by atoms with Gasteiger partial charge in [0, 0.05) is 23.4 Å². The van der Waals surface area contributed by atoms with Crippen molar-refractivity contribution in [2.75, 3.05) is 20.8 Å². The molecule has 1 atom stereocenters. The molecule has 0 saturated carbocycles. The van der Waals surface area contributed by atoms with Crippen molar-refractivity contribution in [3.63, 3.8) is 0 Å². The SMILES string of the molecule is COc1cc2c(cc1OC)C(c1ccccc1)N(C(=O)c1cncc(Br)c1)CC2. The number of nitrogens with zero attached hydrogens (tertiary/aromatic N) is 2. The fourth-order valence-corrected chi connectivity index (χ4v) is 4.22. The summed E-state index contributed by atoms with van der Waals surface area (Å²) >= 11 is 3.41. The molecule has 4 rings (SSSR count). The maximum atomic E-state index is 13.4. The fraction of sp³-hybridized carbons (Fsp3) is 0.217. The third-order valence-corrected chi connectivity index (χ3v) is 5.64. The summed E-state index contributed by atoms with van der Waals surface area (Å²) in [4.78, 5) is 19.5. The Balaban J connectivity index is 1.84. The quantitative estimate of drug-likeness (QED) is 0.577. The molecule has 1 aliphatic rings. The number of carbonyl (C=O) groups excluding carboxylic acids is 1. The number of fused-ring (bicyclic) bond motifs is 1. The summed E-state index contributed by atoms with van der Waals surface area (Å²) in [5.74, 6) is 1.31. The number of pyridine rings is 1. The zero-order chi connectivity index (χ0) is 20.4. The van der Waals surface area contributed by atoms with Crippen LogP contribution in [-0.2, 0) is 6.42 Å². The molecule has 1 amide bonds. The van der Waals surface area contributed by atoms with E-state index in [4.69, 9.17) is 9.47 Å². The molecule has 0 fully saturated rings. The van der Waals surface area contributed by atoms with Crippen molar-refractivity contribution in [1.82, 2.24) is 9.88 Å². The van der Waals surface area contributed by atoms with E-state index in [0.717, 1.165) is 27.6 Å². The van der Waals surface area contributed by atoms with E-state index in [1.807, 2.05) is 41.3 Å². The summed E-state index contributed by atoms with van der Waals surface area (Å²) in [5.41, 5.74) is 3.82. The molecule has 1 unspecified atom stereocenters. The van der Waals surface area contributed by atoms with Crippen LogP contribution in [0.3, 0.4) is 0 Å². The second-order valence-corrected chi connectivity index (χ2v) is 7.78. The molecule has 0 N–H and O–H groups in total. The van der Waals surface area contributed by atoms with E-state index in [9.17, 15) is 4.79 Å². The van der Waals surface area contributed by atoms with E-state index >= 15 is 0 Å². The Labute approximate surface area is 178 Å². The van der Waals surface area contributed by atoms with Gasteiger partial charge < -0.3 is 14.4 Å². The molecular formula is C23H21BrN2O3. The summed E-state index contributed by atoms with van der Waals surface area (Å²) < 4.78 is 11.8. The number of ether oxygens (including phenoxy) is 2. The highest BCUT2D eigenvalue weighted by molar-refractivity contribution is 9.10. The second-order valence-electron chi connectivity index (χ2n) is 6.86. The van der Waals surface area contributed by atoms with Crippen molar-refractivity contribution in [3.05, 3.63) is 87.7 Å². The Kier molecular flexibility index (Phi) is 5.53. The molecule has 0 saturated heterocycles. The summed E-state index contributed by atoms with van der Waals surface area (Å²) in [5, 5.41) is 0. The van der Waals surface area contributed by atoms with Crippen molar-refractivity contribution in [1.29, 1.82) is 0 Å². The van der Waals surface area contributed by atoms with Gasteiger partial charge in [0.25, 0.3) is 5.91 Å². The normalized spacial score (nSPS) is 15.6. The lowest BCUT2D eigenvalue weighted by atomic mass is 9.87. The largest absolute Gasteiger partial charge is 0.493 e. The molecule has 1 aliphatic heterocycles. The number of halogens is 1. The van der Waals surface area contributed by atoms with Crippen LogP contribution in [-0.4, -0.2) is 36.6 Å². The molecular weight excluding hydrogens is 432 g/mol. The topological polar surface area (TPSA) is 51.7 Å². The fourth-order valence-electron chi connectivity index (χ4n) is 3.85. The van der Waals surface area contributed by atoms with Crippen LogP contribution in [0.25, 0.3) is 0 Å². The second kappa shape index (κ2) is 8.25. The molecule has 2 heterocycles. The van der Waals surface area contributed by atoms with E-state index < -0.39 is 0 Å². The van der Waals surface area contributed by atoms with Gasteiger partial charge in [0.1, 0.15) is 0 Å². The lowest BCUT2D eigenvalue weighted by molar-refractivity contribution is 0.0693. The van der Waals surface area contributed by atoms with Crippen LogP contribution in [0.15, 0.2) is 65.4 Å². The van der Waals surface area contributed by atoms with E-state index in [0.29, 0.717) is 23.6 Å². The molecule has 6 heteroatoms. The highest BCUT2D eigenvalue weighted by atomic mass is 79.9. The van der Waals surface area contributed by atoms with E-state index in [1.165, 1.54) is 0 Å². The van der Waals surface area contributed by atoms with Gasteiger partial charge in [-0.15, -0.1) is 0 Å². The van der Waals surface area contributed by atoms with Crippen LogP contribution >= 0.6 is 15.9 Å². The first-order valence-corrected chi connectivity index (χ1v) is 10.1. The molecule has 2 aromatic carbocycles. The van der Waals surface area contributed by atoms with Gasteiger partial charge in [-0.1, -0.05) is 30.3 Å². The molecule has 29 heavy (non-hydrogen) atoms. The van der Waals surface area contributed by atoms with Crippen molar-refractivity contribution < 1.29 is 14.3 Å². The third kappa shape index (κ3) is 3.72. The highest BCUT2D eigenvalue weighted by Crippen LogP contribution is 2.41. The lowest BCUT2D eigenvalue weighted by Crippen LogP contribution is -2.40. The number of hydrogen-bond donors (Lipinski definition) is 0. The molecule has 1 aromatic heterocycles. The Morgan fingerprint density at radius 1 is 1.07 bits per heavy atom. The number of rotatable bonds is 4. The molecule has 3 aromatic rings. The average molecular weight is 453 g/mol. The van der Waals surface area contributed by atoms with Gasteiger partial charge in [-0.3, -0.25) is 9.78 Å². The summed E-state index contributed by atoms with van der Waals surface area (Å²) in [6.45, 7) is 0.605. The monoisotopic (exact) mass is 452 g/mol. The van der Waals surface area contributed by atoms with Crippen molar-refractivity contribution in [2.24, 2.45) is 0 Å². The van der Waals surface area contributed by atoms with Crippen molar-refractivity contribution in [3.8, 4) is 11.5 Å². The minimum atomic E-state index is -0.216. The Hall–Kier alpha value is -2.86. The van der Waals surface area contributed by atoms with E-state index in [-0.39, 0.29) is 11.9 Å². The Morgan fingerprint density at radius 3 is 2.48 bits per heavy atom. The van der Waals surface area contributed by atoms with Gasteiger partial charge in [0.05, 0.1) is 25.8 Å². The van der Waals surface area contributed by atoms with Crippen LogP contribution in [0.4, 0.5) is 0 Å². The van der Waals surface area contributed by atoms with Gasteiger partial charge in [0.2, 0.25) is 0 Å². The van der Waals surface area contributed by atoms with Crippen molar-refractivity contribution in [2.45, 2.75) is 12.5 Å². The number of methoxy groups -OCH3 is 2. The number of carbonyl (C=O) groups is 1. The van der Waals surface area contributed by atoms with Crippen LogP contribution < -0.4 is 9.47 Å².